The minimum Gasteiger partial charge on any atom is -0.400 e. The summed E-state index contributed by atoms with van der Waals surface area (Å²) in [6.45, 7) is 12.7. The average Bonchev–Trinajstić information content (AvgIpc) is 2.56. The highest BCUT2D eigenvalue weighted by Gasteiger charge is 2.49. The van der Waals surface area contributed by atoms with Gasteiger partial charge in [0.2, 0.25) is 0 Å². The van der Waals surface area contributed by atoms with Crippen LogP contribution in [0.5, 0.6) is 0 Å². The van der Waals surface area contributed by atoms with E-state index >= 15 is 0 Å². The smallest absolute Gasteiger partial charge is 0.400 e. The Morgan fingerprint density at radius 2 is 1.45 bits per heavy atom. The van der Waals surface area contributed by atoms with Gasteiger partial charge in [-0.2, -0.15) is 0 Å². The zero-order valence-electron chi connectivity index (χ0n) is 13.4. The van der Waals surface area contributed by atoms with Gasteiger partial charge in [0.1, 0.15) is 0 Å². The van der Waals surface area contributed by atoms with Gasteiger partial charge in [0.05, 0.1) is 11.2 Å². The van der Waals surface area contributed by atoms with E-state index in [0.29, 0.717) is 5.92 Å². The lowest BCUT2D eigenvalue weighted by Gasteiger charge is -2.32. The molecule has 0 atom stereocenters. The van der Waals surface area contributed by atoms with E-state index in [-0.39, 0.29) is 18.3 Å². The van der Waals surface area contributed by atoms with E-state index < -0.39 is 0 Å². The highest BCUT2D eigenvalue weighted by molar-refractivity contribution is 6.52. The van der Waals surface area contributed by atoms with Crippen LogP contribution in [0, 0.1) is 0 Å². The molecule has 2 rings (SSSR count). The first-order valence-electron chi connectivity index (χ1n) is 7.35. The van der Waals surface area contributed by atoms with Crippen molar-refractivity contribution < 1.29 is 9.31 Å². The van der Waals surface area contributed by atoms with Gasteiger partial charge < -0.3 is 9.31 Å². The summed E-state index contributed by atoms with van der Waals surface area (Å²) >= 11 is 0. The monoisotopic (exact) mass is 272 g/mol. The fraction of sp³-hybridized carbons (Fsp3) is 0.529. The maximum atomic E-state index is 5.94. The van der Waals surface area contributed by atoms with Gasteiger partial charge in [-0.1, -0.05) is 50.2 Å². The molecule has 0 aliphatic carbocycles. The maximum absolute atomic E-state index is 5.94. The Kier molecular flexibility index (Phi) is 4.13. The SMILES string of the molecule is CC(C)c1ccc(/C=C/B2OC(C)(C)C(C)(C)O2)cc1. The Morgan fingerprint density at radius 1 is 0.950 bits per heavy atom. The van der Waals surface area contributed by atoms with Gasteiger partial charge in [0.15, 0.2) is 0 Å². The molecule has 0 radical (unpaired) electrons. The van der Waals surface area contributed by atoms with Crippen molar-refractivity contribution in [3.63, 3.8) is 0 Å². The molecule has 1 fully saturated rings. The Morgan fingerprint density at radius 3 is 1.90 bits per heavy atom. The maximum Gasteiger partial charge on any atom is 0.487 e. The minimum atomic E-state index is -0.274. The Hall–Kier alpha value is -1.06. The normalized spacial score (nSPS) is 21.1. The van der Waals surface area contributed by atoms with Crippen LogP contribution in [0.25, 0.3) is 6.08 Å². The second-order valence-electron chi connectivity index (χ2n) is 6.81. The van der Waals surface area contributed by atoms with E-state index in [2.05, 4.69) is 71.9 Å². The first-order valence-corrected chi connectivity index (χ1v) is 7.35. The predicted molar refractivity (Wildman–Crippen MR) is 85.6 cm³/mol. The Labute approximate surface area is 123 Å². The van der Waals surface area contributed by atoms with E-state index in [1.807, 2.05) is 5.98 Å². The third kappa shape index (κ3) is 3.16. The van der Waals surface area contributed by atoms with Gasteiger partial charge in [-0.3, -0.25) is 0 Å². The summed E-state index contributed by atoms with van der Waals surface area (Å²) in [7, 11) is -0.273. The molecule has 1 aliphatic rings. The summed E-state index contributed by atoms with van der Waals surface area (Å²) in [4.78, 5) is 0. The van der Waals surface area contributed by atoms with Gasteiger partial charge >= 0.3 is 7.12 Å². The lowest BCUT2D eigenvalue weighted by molar-refractivity contribution is 0.00578. The second kappa shape index (κ2) is 5.38. The van der Waals surface area contributed by atoms with Crippen LogP contribution in [0.1, 0.15) is 58.6 Å². The molecule has 0 bridgehead atoms. The molecule has 1 aliphatic heterocycles. The number of hydrogen-bond acceptors (Lipinski definition) is 2. The lowest BCUT2D eigenvalue weighted by Crippen LogP contribution is -2.41. The lowest BCUT2D eigenvalue weighted by atomic mass is 9.89. The summed E-state index contributed by atoms with van der Waals surface area (Å²) in [6.07, 6.45) is 2.06. The standard InChI is InChI=1S/C17H25BO2/c1-13(2)15-9-7-14(8-10-15)11-12-18-19-16(3,4)17(5,6)20-18/h7-13H,1-6H3/b12-11+. The molecule has 1 aromatic rings. The highest BCUT2D eigenvalue weighted by atomic mass is 16.7. The molecule has 0 spiro atoms. The van der Waals surface area contributed by atoms with Crippen LogP contribution < -0.4 is 0 Å². The number of rotatable bonds is 3. The molecule has 0 unspecified atom stereocenters. The van der Waals surface area contributed by atoms with E-state index in [4.69, 9.17) is 9.31 Å². The van der Waals surface area contributed by atoms with E-state index in [0.717, 1.165) is 0 Å². The summed E-state index contributed by atoms with van der Waals surface area (Å²) in [5, 5.41) is 0. The zero-order valence-corrected chi connectivity index (χ0v) is 13.4. The Bertz CT molecular complexity index is 470. The average molecular weight is 272 g/mol. The first-order chi connectivity index (χ1) is 9.21. The van der Waals surface area contributed by atoms with Gasteiger partial charge in [-0.05, 0) is 44.7 Å². The largest absolute Gasteiger partial charge is 0.487 e. The van der Waals surface area contributed by atoms with Crippen molar-refractivity contribution in [1.82, 2.24) is 0 Å². The molecule has 1 aromatic carbocycles. The van der Waals surface area contributed by atoms with Crippen molar-refractivity contribution in [2.24, 2.45) is 0 Å². The molecular formula is C17H25BO2. The molecule has 1 saturated heterocycles. The van der Waals surface area contributed by atoms with Crippen LogP contribution in [-0.4, -0.2) is 18.3 Å². The zero-order chi connectivity index (χ0) is 15.0. The van der Waals surface area contributed by atoms with Crippen molar-refractivity contribution in [3.8, 4) is 0 Å². The van der Waals surface area contributed by atoms with Crippen LogP contribution >= 0.6 is 0 Å². The fourth-order valence-corrected chi connectivity index (χ4v) is 2.15. The first kappa shape index (κ1) is 15.3. The van der Waals surface area contributed by atoms with E-state index in [1.165, 1.54) is 11.1 Å². The van der Waals surface area contributed by atoms with Crippen molar-refractivity contribution in [2.75, 3.05) is 0 Å². The third-order valence-electron chi connectivity index (χ3n) is 4.32. The van der Waals surface area contributed by atoms with Crippen LogP contribution in [0.15, 0.2) is 30.2 Å². The van der Waals surface area contributed by atoms with Crippen molar-refractivity contribution >= 4 is 13.2 Å². The Balaban J connectivity index is 2.04. The molecule has 0 aromatic heterocycles. The minimum absolute atomic E-state index is 0.273. The quantitative estimate of drug-likeness (QED) is 0.756. The van der Waals surface area contributed by atoms with Crippen LogP contribution in [0.2, 0.25) is 0 Å². The third-order valence-corrected chi connectivity index (χ3v) is 4.32. The molecule has 108 valence electrons. The van der Waals surface area contributed by atoms with Crippen molar-refractivity contribution in [3.05, 3.63) is 41.4 Å². The van der Waals surface area contributed by atoms with Gasteiger partial charge in [0.25, 0.3) is 0 Å². The highest BCUT2D eigenvalue weighted by Crippen LogP contribution is 2.37. The molecule has 0 N–H and O–H groups in total. The molecule has 1 heterocycles. The second-order valence-corrected chi connectivity index (χ2v) is 6.81. The van der Waals surface area contributed by atoms with Gasteiger partial charge in [-0.15, -0.1) is 0 Å². The van der Waals surface area contributed by atoms with Crippen LogP contribution in [0.4, 0.5) is 0 Å². The van der Waals surface area contributed by atoms with Crippen LogP contribution in [-0.2, 0) is 9.31 Å². The van der Waals surface area contributed by atoms with E-state index in [9.17, 15) is 0 Å². The fourth-order valence-electron chi connectivity index (χ4n) is 2.15. The summed E-state index contributed by atoms with van der Waals surface area (Å²) in [5.74, 6) is 2.55. The topological polar surface area (TPSA) is 18.5 Å². The predicted octanol–water partition coefficient (Wildman–Crippen LogP) is 4.45. The van der Waals surface area contributed by atoms with Crippen LogP contribution in [0.3, 0.4) is 0 Å². The van der Waals surface area contributed by atoms with Crippen molar-refractivity contribution in [2.45, 2.75) is 58.7 Å². The van der Waals surface area contributed by atoms with Crippen molar-refractivity contribution in [1.29, 1.82) is 0 Å². The molecule has 20 heavy (non-hydrogen) atoms. The summed E-state index contributed by atoms with van der Waals surface area (Å²) < 4.78 is 11.9. The molecule has 0 saturated carbocycles. The molecular weight excluding hydrogens is 247 g/mol. The van der Waals surface area contributed by atoms with E-state index in [1.54, 1.807) is 0 Å². The molecule has 2 nitrogen and oxygen atoms in total. The van der Waals surface area contributed by atoms with Gasteiger partial charge in [-0.25, -0.2) is 0 Å². The van der Waals surface area contributed by atoms with Gasteiger partial charge in [0, 0.05) is 0 Å². The molecule has 3 heteroatoms. The summed E-state index contributed by atoms with van der Waals surface area (Å²) in [5.41, 5.74) is 1.98. The summed E-state index contributed by atoms with van der Waals surface area (Å²) in [6, 6.07) is 8.62. The number of hydrogen-bond donors (Lipinski definition) is 0. The molecule has 0 amide bonds. The number of benzene rings is 1.